The summed E-state index contributed by atoms with van der Waals surface area (Å²) in [6, 6.07) is 11.4. The summed E-state index contributed by atoms with van der Waals surface area (Å²) in [5.74, 6) is 2.98. The summed E-state index contributed by atoms with van der Waals surface area (Å²) in [5.41, 5.74) is 1.76. The Balaban J connectivity index is 1.47. The van der Waals surface area contributed by atoms with E-state index in [-0.39, 0.29) is 18.5 Å². The topological polar surface area (TPSA) is 57.2 Å². The maximum absolute atomic E-state index is 13.1. The lowest BCUT2D eigenvalue weighted by atomic mass is 9.89. The fourth-order valence-electron chi connectivity index (χ4n) is 4.02. The molecule has 0 aromatic heterocycles. The molecule has 0 spiro atoms. The van der Waals surface area contributed by atoms with Crippen molar-refractivity contribution in [3.05, 3.63) is 47.5 Å². The Kier molecular flexibility index (Phi) is 5.39. The molecule has 148 valence electrons. The van der Waals surface area contributed by atoms with Crippen molar-refractivity contribution >= 4 is 5.78 Å². The Bertz CT molecular complexity index is 866. The van der Waals surface area contributed by atoms with Gasteiger partial charge >= 0.3 is 0 Å². The zero-order valence-electron chi connectivity index (χ0n) is 16.3. The summed E-state index contributed by atoms with van der Waals surface area (Å²) in [6.07, 6.45) is 1.90. The standard InChI is InChI=1S/C22H25NO5/c1-25-19-7-3-5-17(22(19)26-2)13-23-10-4-6-16(12-23)21(24)15-8-9-18-20(11-15)28-14-27-18/h3,5,7-9,11,16H,4,6,10,12-14H2,1-2H3/t16-/m1/s1. The van der Waals surface area contributed by atoms with Crippen LogP contribution in [0.4, 0.5) is 0 Å². The minimum atomic E-state index is -0.0225. The maximum Gasteiger partial charge on any atom is 0.231 e. The number of carbonyl (C=O) groups is 1. The van der Waals surface area contributed by atoms with E-state index in [0.717, 1.165) is 49.5 Å². The number of hydrogen-bond acceptors (Lipinski definition) is 6. The van der Waals surface area contributed by atoms with Gasteiger partial charge in [-0.05, 0) is 43.7 Å². The average molecular weight is 383 g/mol. The normalized spacial score (nSPS) is 18.7. The van der Waals surface area contributed by atoms with Crippen molar-refractivity contribution in [2.75, 3.05) is 34.1 Å². The van der Waals surface area contributed by atoms with Crippen molar-refractivity contribution in [3.8, 4) is 23.0 Å². The molecule has 2 aromatic rings. The molecule has 6 nitrogen and oxygen atoms in total. The first-order valence-corrected chi connectivity index (χ1v) is 9.55. The first-order chi connectivity index (χ1) is 13.7. The van der Waals surface area contributed by atoms with E-state index >= 15 is 0 Å². The predicted molar refractivity (Wildman–Crippen MR) is 104 cm³/mol. The van der Waals surface area contributed by atoms with Crippen LogP contribution in [0.25, 0.3) is 0 Å². The van der Waals surface area contributed by atoms with Gasteiger partial charge in [-0.15, -0.1) is 0 Å². The van der Waals surface area contributed by atoms with Gasteiger partial charge in [0.05, 0.1) is 14.2 Å². The van der Waals surface area contributed by atoms with Gasteiger partial charge in [0.2, 0.25) is 6.79 Å². The van der Waals surface area contributed by atoms with Gasteiger partial charge in [0.25, 0.3) is 0 Å². The Hall–Kier alpha value is -2.73. The molecule has 0 N–H and O–H groups in total. The molecule has 1 atom stereocenters. The number of rotatable bonds is 6. The van der Waals surface area contributed by atoms with Gasteiger partial charge in [-0.3, -0.25) is 9.69 Å². The lowest BCUT2D eigenvalue weighted by Gasteiger charge is -2.32. The van der Waals surface area contributed by atoms with Gasteiger partial charge < -0.3 is 18.9 Å². The molecular formula is C22H25NO5. The highest BCUT2D eigenvalue weighted by molar-refractivity contribution is 5.98. The van der Waals surface area contributed by atoms with Gasteiger partial charge in [-0.2, -0.15) is 0 Å². The van der Waals surface area contributed by atoms with Crippen molar-refractivity contribution in [2.45, 2.75) is 19.4 Å². The molecule has 2 aliphatic heterocycles. The largest absolute Gasteiger partial charge is 0.493 e. The van der Waals surface area contributed by atoms with Crippen molar-refractivity contribution in [1.82, 2.24) is 4.90 Å². The van der Waals surface area contributed by atoms with Gasteiger partial charge in [0, 0.05) is 30.1 Å². The molecule has 28 heavy (non-hydrogen) atoms. The third-order valence-corrected chi connectivity index (χ3v) is 5.41. The van der Waals surface area contributed by atoms with Gasteiger partial charge in [0.15, 0.2) is 28.8 Å². The number of benzene rings is 2. The van der Waals surface area contributed by atoms with Crippen LogP contribution in [-0.2, 0) is 6.54 Å². The first kappa shape index (κ1) is 18.6. The van der Waals surface area contributed by atoms with E-state index in [9.17, 15) is 4.79 Å². The van der Waals surface area contributed by atoms with E-state index in [0.29, 0.717) is 17.1 Å². The highest BCUT2D eigenvalue weighted by Gasteiger charge is 2.28. The Labute approximate surface area is 165 Å². The minimum Gasteiger partial charge on any atom is -0.493 e. The van der Waals surface area contributed by atoms with Crippen LogP contribution in [0.15, 0.2) is 36.4 Å². The molecule has 2 aliphatic rings. The number of para-hydroxylation sites is 1. The van der Waals surface area contributed by atoms with Crippen molar-refractivity contribution in [1.29, 1.82) is 0 Å². The molecule has 4 rings (SSSR count). The molecule has 0 unspecified atom stereocenters. The Morgan fingerprint density at radius 2 is 2.00 bits per heavy atom. The second-order valence-electron chi connectivity index (χ2n) is 7.16. The average Bonchev–Trinajstić information content (AvgIpc) is 3.21. The van der Waals surface area contributed by atoms with E-state index < -0.39 is 0 Å². The van der Waals surface area contributed by atoms with Crippen LogP contribution in [0.2, 0.25) is 0 Å². The number of likely N-dealkylation sites (tertiary alicyclic amines) is 1. The Morgan fingerprint density at radius 3 is 2.82 bits per heavy atom. The maximum atomic E-state index is 13.1. The van der Waals surface area contributed by atoms with Crippen molar-refractivity contribution in [3.63, 3.8) is 0 Å². The zero-order chi connectivity index (χ0) is 19.5. The summed E-state index contributed by atoms with van der Waals surface area (Å²) in [7, 11) is 3.30. The number of methoxy groups -OCH3 is 2. The highest BCUT2D eigenvalue weighted by atomic mass is 16.7. The first-order valence-electron chi connectivity index (χ1n) is 9.55. The molecule has 0 amide bonds. The van der Waals surface area contributed by atoms with Crippen LogP contribution < -0.4 is 18.9 Å². The molecule has 0 saturated carbocycles. The number of carbonyl (C=O) groups excluding carboxylic acids is 1. The smallest absolute Gasteiger partial charge is 0.231 e. The van der Waals surface area contributed by atoms with E-state index in [1.807, 2.05) is 30.3 Å². The SMILES string of the molecule is COc1cccc(CN2CCC[C@@H](C(=O)c3ccc4c(c3)OCO4)C2)c1OC. The summed E-state index contributed by atoms with van der Waals surface area (Å²) >= 11 is 0. The summed E-state index contributed by atoms with van der Waals surface area (Å²) in [6.45, 7) is 2.64. The third kappa shape index (κ3) is 3.64. The zero-order valence-corrected chi connectivity index (χ0v) is 16.3. The molecule has 0 radical (unpaired) electrons. The number of hydrogen-bond donors (Lipinski definition) is 0. The van der Waals surface area contributed by atoms with Crippen LogP contribution in [-0.4, -0.2) is 44.8 Å². The number of Topliss-reactive ketones (excluding diaryl/α,β-unsaturated/α-hetero) is 1. The fraction of sp³-hybridized carbons (Fsp3) is 0.409. The summed E-state index contributed by atoms with van der Waals surface area (Å²) < 4.78 is 21.7. The van der Waals surface area contributed by atoms with E-state index in [2.05, 4.69) is 4.90 Å². The molecule has 1 saturated heterocycles. The summed E-state index contributed by atoms with van der Waals surface area (Å²) in [4.78, 5) is 15.4. The predicted octanol–water partition coefficient (Wildman–Crippen LogP) is 3.53. The lowest BCUT2D eigenvalue weighted by Crippen LogP contribution is -2.38. The lowest BCUT2D eigenvalue weighted by molar-refractivity contribution is 0.0810. The fourth-order valence-corrected chi connectivity index (χ4v) is 4.02. The van der Waals surface area contributed by atoms with Crippen molar-refractivity contribution < 1.29 is 23.7 Å². The number of nitrogens with zero attached hydrogens (tertiary/aromatic N) is 1. The van der Waals surface area contributed by atoms with Crippen LogP contribution in [0.1, 0.15) is 28.8 Å². The van der Waals surface area contributed by atoms with Crippen LogP contribution in [0, 0.1) is 5.92 Å². The van der Waals surface area contributed by atoms with E-state index in [4.69, 9.17) is 18.9 Å². The molecule has 1 fully saturated rings. The highest BCUT2D eigenvalue weighted by Crippen LogP contribution is 2.35. The second kappa shape index (κ2) is 8.10. The van der Waals surface area contributed by atoms with E-state index in [1.54, 1.807) is 20.3 Å². The molecule has 0 bridgehead atoms. The number of ether oxygens (including phenoxy) is 4. The molecule has 6 heteroatoms. The third-order valence-electron chi connectivity index (χ3n) is 5.41. The van der Waals surface area contributed by atoms with Gasteiger partial charge in [-0.25, -0.2) is 0 Å². The van der Waals surface area contributed by atoms with Gasteiger partial charge in [0.1, 0.15) is 0 Å². The minimum absolute atomic E-state index is 0.0225. The molecular weight excluding hydrogens is 358 g/mol. The van der Waals surface area contributed by atoms with Crippen LogP contribution >= 0.6 is 0 Å². The van der Waals surface area contributed by atoms with Gasteiger partial charge in [-0.1, -0.05) is 12.1 Å². The number of ketones is 1. The monoisotopic (exact) mass is 383 g/mol. The molecule has 0 aliphatic carbocycles. The van der Waals surface area contributed by atoms with E-state index in [1.165, 1.54) is 0 Å². The molecule has 2 aromatic carbocycles. The second-order valence-corrected chi connectivity index (χ2v) is 7.16. The number of piperidine rings is 1. The number of fused-ring (bicyclic) bond motifs is 1. The quantitative estimate of drug-likeness (QED) is 0.712. The summed E-state index contributed by atoms with van der Waals surface area (Å²) in [5, 5.41) is 0. The molecule has 2 heterocycles. The van der Waals surface area contributed by atoms with Crippen LogP contribution in [0.5, 0.6) is 23.0 Å². The van der Waals surface area contributed by atoms with Crippen LogP contribution in [0.3, 0.4) is 0 Å². The van der Waals surface area contributed by atoms with Crippen molar-refractivity contribution in [2.24, 2.45) is 5.92 Å². The Morgan fingerprint density at radius 1 is 1.14 bits per heavy atom.